The maximum absolute atomic E-state index is 9.70. The molecule has 2 saturated heterocycles. The Labute approximate surface area is 154 Å². The standard InChI is InChI=1S/C17H16N8S/c18-9-11-12(10-19)17(24-7-3-4-8-24)25-14(11)20-13-15(21-26-22-16(13)25)23-5-1-2-6-23/h1-8H2. The summed E-state index contributed by atoms with van der Waals surface area (Å²) in [5.74, 6) is 1.60. The van der Waals surface area contributed by atoms with Crippen LogP contribution in [-0.2, 0) is 0 Å². The van der Waals surface area contributed by atoms with Gasteiger partial charge in [-0.1, -0.05) is 0 Å². The molecule has 0 N–H and O–H groups in total. The van der Waals surface area contributed by atoms with Crippen LogP contribution in [-0.4, -0.2) is 44.3 Å². The Morgan fingerprint density at radius 1 is 0.808 bits per heavy atom. The first-order valence-electron chi connectivity index (χ1n) is 8.84. The van der Waals surface area contributed by atoms with Gasteiger partial charge in [-0.3, -0.25) is 4.40 Å². The van der Waals surface area contributed by atoms with Gasteiger partial charge in [-0.05, 0) is 25.7 Å². The lowest BCUT2D eigenvalue weighted by atomic mass is 10.2. The van der Waals surface area contributed by atoms with Crippen LogP contribution in [0.2, 0.25) is 0 Å². The van der Waals surface area contributed by atoms with Gasteiger partial charge >= 0.3 is 0 Å². The summed E-state index contributed by atoms with van der Waals surface area (Å²) in [5, 5.41) is 19.4. The minimum absolute atomic E-state index is 0.338. The van der Waals surface area contributed by atoms with E-state index in [0.29, 0.717) is 22.4 Å². The van der Waals surface area contributed by atoms with Gasteiger partial charge in [-0.25, -0.2) is 4.98 Å². The normalized spacial score (nSPS) is 17.3. The molecule has 3 aromatic heterocycles. The van der Waals surface area contributed by atoms with Crippen molar-refractivity contribution in [2.75, 3.05) is 36.0 Å². The van der Waals surface area contributed by atoms with E-state index in [0.717, 1.165) is 80.7 Å². The Bertz CT molecular complexity index is 1090. The number of nitriles is 2. The van der Waals surface area contributed by atoms with E-state index in [9.17, 15) is 10.5 Å². The minimum atomic E-state index is 0.338. The maximum atomic E-state index is 9.70. The number of anilines is 2. The van der Waals surface area contributed by atoms with Crippen molar-refractivity contribution in [2.24, 2.45) is 0 Å². The second-order valence-corrected chi connectivity index (χ2v) is 7.24. The molecule has 0 aromatic carbocycles. The van der Waals surface area contributed by atoms with Crippen LogP contribution >= 0.6 is 11.7 Å². The summed E-state index contributed by atoms with van der Waals surface area (Å²) < 4.78 is 10.9. The topological polar surface area (TPSA) is 97.1 Å². The average Bonchev–Trinajstić information content (AvgIpc) is 3.43. The predicted molar refractivity (Wildman–Crippen MR) is 98.5 cm³/mol. The fourth-order valence-electron chi connectivity index (χ4n) is 4.07. The Morgan fingerprint density at radius 2 is 1.46 bits per heavy atom. The summed E-state index contributed by atoms with van der Waals surface area (Å²) in [6, 6.07) is 4.42. The Balaban J connectivity index is 1.85. The van der Waals surface area contributed by atoms with Crippen LogP contribution in [0.4, 0.5) is 11.6 Å². The van der Waals surface area contributed by atoms with Gasteiger partial charge in [-0.15, -0.1) is 0 Å². The molecule has 8 nitrogen and oxygen atoms in total. The highest BCUT2D eigenvalue weighted by molar-refractivity contribution is 6.99. The third-order valence-corrected chi connectivity index (χ3v) is 5.77. The van der Waals surface area contributed by atoms with E-state index < -0.39 is 0 Å². The van der Waals surface area contributed by atoms with Crippen molar-refractivity contribution in [2.45, 2.75) is 25.7 Å². The van der Waals surface area contributed by atoms with E-state index in [1.165, 1.54) is 0 Å². The van der Waals surface area contributed by atoms with Crippen LogP contribution in [0.3, 0.4) is 0 Å². The molecule has 2 aliphatic rings. The molecule has 2 aliphatic heterocycles. The Morgan fingerprint density at radius 3 is 2.12 bits per heavy atom. The fraction of sp³-hybridized carbons (Fsp3) is 0.471. The predicted octanol–water partition coefficient (Wildman–Crippen LogP) is 2.28. The van der Waals surface area contributed by atoms with E-state index in [1.54, 1.807) is 0 Å². The van der Waals surface area contributed by atoms with Crippen molar-refractivity contribution in [1.29, 1.82) is 10.5 Å². The number of rotatable bonds is 2. The number of hydrogen-bond donors (Lipinski definition) is 0. The molecule has 9 heteroatoms. The summed E-state index contributed by atoms with van der Waals surface area (Å²) in [5.41, 5.74) is 2.69. The Hall–Kier alpha value is -2.91. The average molecular weight is 364 g/mol. The van der Waals surface area contributed by atoms with Crippen molar-refractivity contribution >= 4 is 40.2 Å². The zero-order chi connectivity index (χ0) is 17.7. The van der Waals surface area contributed by atoms with E-state index >= 15 is 0 Å². The van der Waals surface area contributed by atoms with Crippen molar-refractivity contribution in [3.63, 3.8) is 0 Å². The van der Waals surface area contributed by atoms with Gasteiger partial charge in [0.1, 0.15) is 29.1 Å². The highest BCUT2D eigenvalue weighted by atomic mass is 32.1. The molecule has 5 heterocycles. The molecule has 2 fully saturated rings. The molecule has 0 amide bonds. The van der Waals surface area contributed by atoms with Crippen LogP contribution in [0.1, 0.15) is 36.8 Å². The quantitative estimate of drug-likeness (QED) is 0.688. The molecule has 0 bridgehead atoms. The van der Waals surface area contributed by atoms with E-state index in [4.69, 9.17) is 4.98 Å². The van der Waals surface area contributed by atoms with Gasteiger partial charge in [0.25, 0.3) is 0 Å². The van der Waals surface area contributed by atoms with Gasteiger partial charge in [0, 0.05) is 26.2 Å². The molecule has 0 aliphatic carbocycles. The molecule has 0 atom stereocenters. The molecular formula is C17H16N8S. The number of imidazole rings is 1. The number of fused-ring (bicyclic) bond motifs is 3. The van der Waals surface area contributed by atoms with Gasteiger partial charge in [0.2, 0.25) is 0 Å². The van der Waals surface area contributed by atoms with E-state index in [2.05, 4.69) is 30.7 Å². The first-order valence-corrected chi connectivity index (χ1v) is 9.57. The number of nitrogens with zero attached hydrogens (tertiary/aromatic N) is 8. The van der Waals surface area contributed by atoms with Crippen molar-refractivity contribution in [1.82, 2.24) is 18.1 Å². The lowest BCUT2D eigenvalue weighted by molar-refractivity contribution is 0.928. The summed E-state index contributed by atoms with van der Waals surface area (Å²) in [7, 11) is 0. The number of aromatic nitrogens is 4. The molecule has 0 spiro atoms. The lowest BCUT2D eigenvalue weighted by Gasteiger charge is -2.18. The van der Waals surface area contributed by atoms with Crippen LogP contribution in [0.15, 0.2) is 0 Å². The zero-order valence-corrected chi connectivity index (χ0v) is 15.0. The van der Waals surface area contributed by atoms with Crippen LogP contribution < -0.4 is 9.80 Å². The molecule has 5 rings (SSSR count). The second kappa shape index (κ2) is 5.82. The third-order valence-electron chi connectivity index (χ3n) is 5.26. The monoisotopic (exact) mass is 364 g/mol. The van der Waals surface area contributed by atoms with Crippen LogP contribution in [0.5, 0.6) is 0 Å². The first kappa shape index (κ1) is 15.4. The Kier molecular flexibility index (Phi) is 3.44. The van der Waals surface area contributed by atoms with Gasteiger partial charge in [0.15, 0.2) is 22.6 Å². The van der Waals surface area contributed by atoms with Crippen LogP contribution in [0.25, 0.3) is 16.8 Å². The first-order chi connectivity index (χ1) is 12.8. The maximum Gasteiger partial charge on any atom is 0.184 e. The van der Waals surface area contributed by atoms with Gasteiger partial charge in [-0.2, -0.15) is 19.3 Å². The smallest absolute Gasteiger partial charge is 0.184 e. The molecular weight excluding hydrogens is 348 g/mol. The zero-order valence-electron chi connectivity index (χ0n) is 14.1. The molecule has 130 valence electrons. The van der Waals surface area contributed by atoms with Crippen molar-refractivity contribution in [3.05, 3.63) is 11.1 Å². The molecule has 26 heavy (non-hydrogen) atoms. The van der Waals surface area contributed by atoms with Gasteiger partial charge in [0.05, 0.1) is 11.7 Å². The highest BCUT2D eigenvalue weighted by Gasteiger charge is 2.30. The molecule has 0 saturated carbocycles. The molecule has 0 unspecified atom stereocenters. The molecule has 3 aromatic rings. The SMILES string of the molecule is N#Cc1c(C#N)c2nc3c(N4CCCC4)nsnc3n2c1N1CCCC1. The summed E-state index contributed by atoms with van der Waals surface area (Å²) in [4.78, 5) is 9.15. The van der Waals surface area contributed by atoms with Crippen molar-refractivity contribution in [3.8, 4) is 12.1 Å². The van der Waals surface area contributed by atoms with E-state index in [1.807, 2.05) is 4.40 Å². The lowest BCUT2D eigenvalue weighted by Crippen LogP contribution is -2.21. The highest BCUT2D eigenvalue weighted by Crippen LogP contribution is 2.36. The third kappa shape index (κ3) is 2.01. The largest absolute Gasteiger partial charge is 0.356 e. The molecule has 0 radical (unpaired) electrons. The summed E-state index contributed by atoms with van der Waals surface area (Å²) in [6.07, 6.45) is 4.47. The van der Waals surface area contributed by atoms with E-state index in [-0.39, 0.29) is 0 Å². The van der Waals surface area contributed by atoms with Gasteiger partial charge < -0.3 is 9.80 Å². The number of hydrogen-bond acceptors (Lipinski definition) is 8. The van der Waals surface area contributed by atoms with Crippen molar-refractivity contribution < 1.29 is 0 Å². The summed E-state index contributed by atoms with van der Waals surface area (Å²) >= 11 is 1.16. The van der Waals surface area contributed by atoms with Crippen LogP contribution in [0, 0.1) is 22.7 Å². The second-order valence-electron chi connectivity index (χ2n) is 6.72. The minimum Gasteiger partial charge on any atom is -0.356 e. The summed E-state index contributed by atoms with van der Waals surface area (Å²) in [6.45, 7) is 3.69. The fourth-order valence-corrected chi connectivity index (χ4v) is 4.63.